The Hall–Kier alpha value is -1.03. The number of nitrogens with one attached hydrogen (secondary N) is 1. The Balaban J connectivity index is 1.54. The number of halogens is 1. The summed E-state index contributed by atoms with van der Waals surface area (Å²) in [5.41, 5.74) is 1.95. The molecular weight excluding hydrogens is 284 g/mol. The van der Waals surface area contributed by atoms with Crippen molar-refractivity contribution < 1.29 is 4.42 Å². The summed E-state index contributed by atoms with van der Waals surface area (Å²) < 4.78 is 5.59. The third kappa shape index (κ3) is 3.42. The molecule has 1 aliphatic rings. The van der Waals surface area contributed by atoms with Crippen LogP contribution >= 0.6 is 11.6 Å². The molecule has 2 aromatic rings. The molecule has 3 nitrogen and oxygen atoms in total. The van der Waals surface area contributed by atoms with Crippen molar-refractivity contribution in [3.63, 3.8) is 0 Å². The number of benzene rings is 1. The van der Waals surface area contributed by atoms with Crippen LogP contribution in [0.4, 0.5) is 0 Å². The van der Waals surface area contributed by atoms with Crippen molar-refractivity contribution in [1.29, 1.82) is 0 Å². The van der Waals surface area contributed by atoms with Crippen molar-refractivity contribution in [2.75, 3.05) is 26.2 Å². The molecule has 0 bridgehead atoms. The minimum atomic E-state index is 0.518. The minimum absolute atomic E-state index is 0.518. The molecule has 1 aromatic heterocycles. The van der Waals surface area contributed by atoms with Gasteiger partial charge >= 0.3 is 0 Å². The lowest BCUT2D eigenvalue weighted by molar-refractivity contribution is 0.190. The molecule has 1 saturated heterocycles. The fourth-order valence-corrected chi connectivity index (χ4v) is 3.39. The molecule has 0 saturated carbocycles. The van der Waals surface area contributed by atoms with Gasteiger partial charge in [0.15, 0.2) is 5.22 Å². The molecule has 0 unspecified atom stereocenters. The Kier molecular flexibility index (Phi) is 4.84. The van der Waals surface area contributed by atoms with E-state index in [-0.39, 0.29) is 0 Å². The van der Waals surface area contributed by atoms with E-state index in [1.807, 2.05) is 18.2 Å². The van der Waals surface area contributed by atoms with E-state index in [4.69, 9.17) is 16.0 Å². The van der Waals surface area contributed by atoms with Gasteiger partial charge < -0.3 is 14.6 Å². The van der Waals surface area contributed by atoms with Gasteiger partial charge in [0.2, 0.25) is 0 Å². The first-order valence-corrected chi connectivity index (χ1v) is 8.24. The zero-order valence-electron chi connectivity index (χ0n) is 12.6. The molecule has 0 spiro atoms. The lowest BCUT2D eigenvalue weighted by Crippen LogP contribution is -2.36. The first-order chi connectivity index (χ1) is 10.3. The predicted molar refractivity (Wildman–Crippen MR) is 87.8 cm³/mol. The highest BCUT2D eigenvalue weighted by molar-refractivity contribution is 6.30. The fraction of sp³-hybridized carbons (Fsp3) is 0.529. The monoisotopic (exact) mass is 306 g/mol. The standard InChI is InChI=1S/C17H23ClN2O/c1-2-20-9-7-13(8-10-20)11-19-12-15-14-5-3-4-6-16(14)21-17(15)18/h3-6,13,19H,2,7-12H2,1H3. The average Bonchev–Trinajstić information content (AvgIpc) is 2.84. The van der Waals surface area contributed by atoms with E-state index in [0.29, 0.717) is 5.22 Å². The van der Waals surface area contributed by atoms with Gasteiger partial charge in [-0.2, -0.15) is 0 Å². The van der Waals surface area contributed by atoms with Crippen LogP contribution < -0.4 is 5.32 Å². The quantitative estimate of drug-likeness (QED) is 0.908. The number of hydrogen-bond donors (Lipinski definition) is 1. The highest BCUT2D eigenvalue weighted by atomic mass is 35.5. The maximum Gasteiger partial charge on any atom is 0.199 e. The zero-order valence-corrected chi connectivity index (χ0v) is 13.3. The smallest absolute Gasteiger partial charge is 0.199 e. The summed E-state index contributed by atoms with van der Waals surface area (Å²) in [6, 6.07) is 8.03. The van der Waals surface area contributed by atoms with Crippen molar-refractivity contribution in [2.24, 2.45) is 5.92 Å². The van der Waals surface area contributed by atoms with Crippen molar-refractivity contribution >= 4 is 22.6 Å². The Morgan fingerprint density at radius 1 is 1.29 bits per heavy atom. The second-order valence-electron chi connectivity index (χ2n) is 5.86. The predicted octanol–water partition coefficient (Wildman–Crippen LogP) is 3.91. The van der Waals surface area contributed by atoms with Crippen molar-refractivity contribution in [3.05, 3.63) is 35.0 Å². The molecule has 0 amide bonds. The van der Waals surface area contributed by atoms with Crippen LogP contribution in [0.25, 0.3) is 11.0 Å². The Morgan fingerprint density at radius 2 is 2.05 bits per heavy atom. The van der Waals surface area contributed by atoms with Crippen molar-refractivity contribution in [3.8, 4) is 0 Å². The number of furan rings is 1. The summed E-state index contributed by atoms with van der Waals surface area (Å²) in [4.78, 5) is 2.52. The maximum atomic E-state index is 6.21. The van der Waals surface area contributed by atoms with Crippen molar-refractivity contribution in [2.45, 2.75) is 26.3 Å². The molecule has 2 heterocycles. The van der Waals surface area contributed by atoms with Gasteiger partial charge in [-0.15, -0.1) is 0 Å². The zero-order chi connectivity index (χ0) is 14.7. The number of fused-ring (bicyclic) bond motifs is 1. The van der Waals surface area contributed by atoms with Crippen LogP contribution in [0.2, 0.25) is 5.22 Å². The summed E-state index contributed by atoms with van der Waals surface area (Å²) in [6.07, 6.45) is 2.58. The molecule has 21 heavy (non-hydrogen) atoms. The van der Waals surface area contributed by atoms with Gasteiger partial charge in [0.05, 0.1) is 0 Å². The average molecular weight is 307 g/mol. The molecule has 3 rings (SSSR count). The summed E-state index contributed by atoms with van der Waals surface area (Å²) in [5.74, 6) is 0.782. The Labute approximate surface area is 131 Å². The van der Waals surface area contributed by atoms with E-state index in [1.54, 1.807) is 0 Å². The van der Waals surface area contributed by atoms with E-state index in [1.165, 1.54) is 32.5 Å². The SMILES string of the molecule is CCN1CCC(CNCc2c(Cl)oc3ccccc23)CC1. The number of nitrogens with zero attached hydrogens (tertiary/aromatic N) is 1. The Morgan fingerprint density at radius 3 is 2.81 bits per heavy atom. The first kappa shape index (κ1) is 14.9. The third-order valence-electron chi connectivity index (χ3n) is 4.54. The normalized spacial score (nSPS) is 17.6. The molecule has 1 fully saturated rings. The van der Waals surface area contributed by atoms with Crippen molar-refractivity contribution in [1.82, 2.24) is 10.2 Å². The summed E-state index contributed by atoms with van der Waals surface area (Å²) in [6.45, 7) is 7.73. The molecule has 1 aliphatic heterocycles. The molecule has 0 radical (unpaired) electrons. The van der Waals surface area contributed by atoms with Gasteiger partial charge in [0, 0.05) is 17.5 Å². The number of likely N-dealkylation sites (tertiary alicyclic amines) is 1. The van der Waals surface area contributed by atoms with E-state index >= 15 is 0 Å². The van der Waals surface area contributed by atoms with Crippen LogP contribution in [-0.2, 0) is 6.54 Å². The van der Waals surface area contributed by atoms with Gasteiger partial charge in [-0.05, 0) is 62.6 Å². The largest absolute Gasteiger partial charge is 0.444 e. The van der Waals surface area contributed by atoms with E-state index in [0.717, 1.165) is 35.5 Å². The highest BCUT2D eigenvalue weighted by Gasteiger charge is 2.18. The lowest BCUT2D eigenvalue weighted by atomic mass is 9.97. The summed E-state index contributed by atoms with van der Waals surface area (Å²) in [5, 5.41) is 5.20. The van der Waals surface area contributed by atoms with Crippen LogP contribution in [0.5, 0.6) is 0 Å². The topological polar surface area (TPSA) is 28.4 Å². The fourth-order valence-electron chi connectivity index (χ4n) is 3.14. The minimum Gasteiger partial charge on any atom is -0.444 e. The molecule has 1 aromatic carbocycles. The molecule has 0 aliphatic carbocycles. The van der Waals surface area contributed by atoms with Gasteiger partial charge in [-0.25, -0.2) is 0 Å². The van der Waals surface area contributed by atoms with Crippen LogP contribution in [0.3, 0.4) is 0 Å². The van der Waals surface area contributed by atoms with E-state index in [2.05, 4.69) is 23.2 Å². The molecule has 114 valence electrons. The summed E-state index contributed by atoms with van der Waals surface area (Å²) in [7, 11) is 0. The van der Waals surface area contributed by atoms with Gasteiger partial charge in [0.1, 0.15) is 5.58 Å². The highest BCUT2D eigenvalue weighted by Crippen LogP contribution is 2.29. The summed E-state index contributed by atoms with van der Waals surface area (Å²) >= 11 is 6.21. The molecule has 0 atom stereocenters. The van der Waals surface area contributed by atoms with Gasteiger partial charge in [-0.3, -0.25) is 0 Å². The van der Waals surface area contributed by atoms with Crippen LogP contribution in [0.1, 0.15) is 25.3 Å². The number of para-hydroxylation sites is 1. The maximum absolute atomic E-state index is 6.21. The van der Waals surface area contributed by atoms with Crippen LogP contribution in [0, 0.1) is 5.92 Å². The molecule has 4 heteroatoms. The lowest BCUT2D eigenvalue weighted by Gasteiger charge is -2.31. The molecule has 1 N–H and O–H groups in total. The molecular formula is C17H23ClN2O. The van der Waals surface area contributed by atoms with E-state index in [9.17, 15) is 0 Å². The first-order valence-electron chi connectivity index (χ1n) is 7.87. The second kappa shape index (κ2) is 6.82. The number of piperidine rings is 1. The third-order valence-corrected chi connectivity index (χ3v) is 4.84. The Bertz CT molecular complexity index is 587. The van der Waals surface area contributed by atoms with Gasteiger partial charge in [-0.1, -0.05) is 25.1 Å². The van der Waals surface area contributed by atoms with Crippen LogP contribution in [0.15, 0.2) is 28.7 Å². The number of rotatable bonds is 5. The van der Waals surface area contributed by atoms with Crippen LogP contribution in [-0.4, -0.2) is 31.1 Å². The second-order valence-corrected chi connectivity index (χ2v) is 6.20. The van der Waals surface area contributed by atoms with E-state index < -0.39 is 0 Å². The number of hydrogen-bond acceptors (Lipinski definition) is 3. The van der Waals surface area contributed by atoms with Gasteiger partial charge in [0.25, 0.3) is 0 Å².